The molecule has 1 atom stereocenters. The molecule has 0 saturated carbocycles. The van der Waals surface area contributed by atoms with Gasteiger partial charge in [-0.15, -0.1) is 0 Å². The Morgan fingerprint density at radius 1 is 1.30 bits per heavy atom. The average molecular weight is 277 g/mol. The topological polar surface area (TPSA) is 53.1 Å². The van der Waals surface area contributed by atoms with Crippen LogP contribution in [0.25, 0.3) is 0 Å². The van der Waals surface area contributed by atoms with Gasteiger partial charge >= 0.3 is 0 Å². The van der Waals surface area contributed by atoms with Gasteiger partial charge in [-0.25, -0.2) is 4.39 Å². The number of aromatic nitrogens is 2. The standard InChI is InChI=1S/C15H20FN3O/c1-9(2)19-8-12(7-18-19)20-15-5-10(3)14(16)6-13(15)11(4)17/h5-9,11H,17H2,1-4H3/t11-/m0/s1. The van der Waals surface area contributed by atoms with E-state index in [9.17, 15) is 4.39 Å². The number of rotatable bonds is 4. The first-order valence-electron chi connectivity index (χ1n) is 6.66. The molecule has 0 unspecified atom stereocenters. The van der Waals surface area contributed by atoms with Crippen LogP contribution in [0.1, 0.15) is 44.0 Å². The van der Waals surface area contributed by atoms with Gasteiger partial charge in [-0.2, -0.15) is 5.10 Å². The van der Waals surface area contributed by atoms with Crippen LogP contribution in [0.15, 0.2) is 24.5 Å². The fourth-order valence-electron chi connectivity index (χ4n) is 1.90. The molecule has 20 heavy (non-hydrogen) atoms. The Bertz CT molecular complexity index is 605. The van der Waals surface area contributed by atoms with Crippen molar-refractivity contribution in [1.82, 2.24) is 9.78 Å². The zero-order valence-corrected chi connectivity index (χ0v) is 12.2. The van der Waals surface area contributed by atoms with E-state index in [1.165, 1.54) is 6.07 Å². The van der Waals surface area contributed by atoms with E-state index < -0.39 is 0 Å². The second-order valence-electron chi connectivity index (χ2n) is 5.28. The van der Waals surface area contributed by atoms with Crippen LogP contribution >= 0.6 is 0 Å². The minimum absolute atomic E-state index is 0.259. The van der Waals surface area contributed by atoms with Crippen LogP contribution < -0.4 is 10.5 Å². The molecule has 4 nitrogen and oxygen atoms in total. The summed E-state index contributed by atoms with van der Waals surface area (Å²) in [5.41, 5.74) is 7.05. The molecule has 108 valence electrons. The minimum atomic E-state index is -0.305. The van der Waals surface area contributed by atoms with Gasteiger partial charge in [0.1, 0.15) is 11.6 Å². The van der Waals surface area contributed by atoms with Crippen LogP contribution in [0.2, 0.25) is 0 Å². The number of benzene rings is 1. The normalized spacial score (nSPS) is 12.8. The summed E-state index contributed by atoms with van der Waals surface area (Å²) in [6, 6.07) is 3.05. The Morgan fingerprint density at radius 3 is 2.55 bits per heavy atom. The molecular weight excluding hydrogens is 257 g/mol. The predicted molar refractivity (Wildman–Crippen MR) is 76.4 cm³/mol. The molecule has 5 heteroatoms. The van der Waals surface area contributed by atoms with Gasteiger partial charge in [0.2, 0.25) is 0 Å². The van der Waals surface area contributed by atoms with E-state index in [-0.39, 0.29) is 17.9 Å². The Hall–Kier alpha value is -1.88. The van der Waals surface area contributed by atoms with Gasteiger partial charge < -0.3 is 10.5 Å². The molecule has 1 aromatic carbocycles. The molecule has 0 aliphatic heterocycles. The maximum absolute atomic E-state index is 13.6. The quantitative estimate of drug-likeness (QED) is 0.926. The van der Waals surface area contributed by atoms with E-state index in [4.69, 9.17) is 10.5 Å². The second kappa shape index (κ2) is 5.63. The fraction of sp³-hybridized carbons (Fsp3) is 0.400. The number of halogens is 1. The average Bonchev–Trinajstić information content (AvgIpc) is 2.82. The zero-order valence-electron chi connectivity index (χ0n) is 12.2. The number of hydrogen-bond acceptors (Lipinski definition) is 3. The molecule has 2 rings (SSSR count). The van der Waals surface area contributed by atoms with Crippen LogP contribution in [0.5, 0.6) is 11.5 Å². The lowest BCUT2D eigenvalue weighted by Crippen LogP contribution is -2.07. The van der Waals surface area contributed by atoms with E-state index in [1.807, 2.05) is 20.0 Å². The van der Waals surface area contributed by atoms with E-state index >= 15 is 0 Å². The number of nitrogens with zero attached hydrogens (tertiary/aromatic N) is 2. The van der Waals surface area contributed by atoms with E-state index in [1.54, 1.807) is 30.8 Å². The van der Waals surface area contributed by atoms with Crippen molar-refractivity contribution in [3.63, 3.8) is 0 Å². The molecule has 1 heterocycles. The Balaban J connectivity index is 2.34. The Kier molecular flexibility index (Phi) is 4.09. The number of aryl methyl sites for hydroxylation is 1. The third-order valence-electron chi connectivity index (χ3n) is 3.12. The van der Waals surface area contributed by atoms with Gasteiger partial charge in [0.15, 0.2) is 5.75 Å². The van der Waals surface area contributed by atoms with Crippen LogP contribution in [0.3, 0.4) is 0 Å². The number of nitrogens with two attached hydrogens (primary N) is 1. The molecule has 0 amide bonds. The molecular formula is C15H20FN3O. The van der Waals surface area contributed by atoms with E-state index in [2.05, 4.69) is 5.10 Å². The lowest BCUT2D eigenvalue weighted by atomic mass is 10.1. The molecule has 0 bridgehead atoms. The molecule has 2 aromatic rings. The first-order valence-corrected chi connectivity index (χ1v) is 6.66. The van der Waals surface area contributed by atoms with Crippen LogP contribution in [0, 0.1) is 12.7 Å². The van der Waals surface area contributed by atoms with Crippen molar-refractivity contribution in [2.45, 2.75) is 39.8 Å². The summed E-state index contributed by atoms with van der Waals surface area (Å²) in [4.78, 5) is 0. The van der Waals surface area contributed by atoms with Gasteiger partial charge in [-0.3, -0.25) is 4.68 Å². The van der Waals surface area contributed by atoms with Gasteiger partial charge in [0.25, 0.3) is 0 Å². The lowest BCUT2D eigenvalue weighted by Gasteiger charge is -2.14. The third kappa shape index (κ3) is 2.99. The summed E-state index contributed by atoms with van der Waals surface area (Å²) < 4.78 is 21.3. The van der Waals surface area contributed by atoms with Crippen LogP contribution in [-0.2, 0) is 0 Å². The highest BCUT2D eigenvalue weighted by Gasteiger charge is 2.14. The summed E-state index contributed by atoms with van der Waals surface area (Å²) in [6.45, 7) is 7.57. The van der Waals surface area contributed by atoms with Crippen molar-refractivity contribution in [2.24, 2.45) is 5.73 Å². The van der Waals surface area contributed by atoms with E-state index in [0.717, 1.165) is 0 Å². The van der Waals surface area contributed by atoms with Gasteiger partial charge in [-0.1, -0.05) is 0 Å². The van der Waals surface area contributed by atoms with Crippen molar-refractivity contribution in [3.8, 4) is 11.5 Å². The van der Waals surface area contributed by atoms with Crippen molar-refractivity contribution in [2.75, 3.05) is 0 Å². The minimum Gasteiger partial charge on any atom is -0.454 e. The highest BCUT2D eigenvalue weighted by atomic mass is 19.1. The molecule has 0 aliphatic rings. The molecule has 0 spiro atoms. The van der Waals surface area contributed by atoms with E-state index in [0.29, 0.717) is 22.6 Å². The highest BCUT2D eigenvalue weighted by molar-refractivity contribution is 5.42. The summed E-state index contributed by atoms with van der Waals surface area (Å²) >= 11 is 0. The van der Waals surface area contributed by atoms with Crippen LogP contribution in [-0.4, -0.2) is 9.78 Å². The summed E-state index contributed by atoms with van der Waals surface area (Å²) in [5.74, 6) is 0.913. The predicted octanol–water partition coefficient (Wildman–Crippen LogP) is 3.72. The fourth-order valence-corrected chi connectivity index (χ4v) is 1.90. The molecule has 0 saturated heterocycles. The van der Waals surface area contributed by atoms with Crippen molar-refractivity contribution < 1.29 is 9.13 Å². The molecule has 0 radical (unpaired) electrons. The zero-order chi connectivity index (χ0) is 14.9. The molecule has 0 fully saturated rings. The first kappa shape index (κ1) is 14.5. The largest absolute Gasteiger partial charge is 0.454 e. The van der Waals surface area contributed by atoms with Crippen molar-refractivity contribution in [3.05, 3.63) is 41.5 Å². The maximum atomic E-state index is 13.6. The Labute approximate surface area is 118 Å². The summed E-state index contributed by atoms with van der Waals surface area (Å²) in [7, 11) is 0. The maximum Gasteiger partial charge on any atom is 0.165 e. The Morgan fingerprint density at radius 2 is 2.00 bits per heavy atom. The number of ether oxygens (including phenoxy) is 1. The van der Waals surface area contributed by atoms with Gasteiger partial charge in [-0.05, 0) is 45.4 Å². The highest BCUT2D eigenvalue weighted by Crippen LogP contribution is 2.31. The number of hydrogen-bond donors (Lipinski definition) is 1. The molecule has 0 aliphatic carbocycles. The van der Waals surface area contributed by atoms with Gasteiger partial charge in [0, 0.05) is 17.6 Å². The molecule has 1 aromatic heterocycles. The van der Waals surface area contributed by atoms with Crippen molar-refractivity contribution in [1.29, 1.82) is 0 Å². The van der Waals surface area contributed by atoms with Gasteiger partial charge in [0.05, 0.1) is 12.4 Å². The first-order chi connectivity index (χ1) is 9.38. The molecule has 2 N–H and O–H groups in total. The monoisotopic (exact) mass is 277 g/mol. The lowest BCUT2D eigenvalue weighted by molar-refractivity contribution is 0.464. The van der Waals surface area contributed by atoms with Crippen molar-refractivity contribution >= 4 is 0 Å². The third-order valence-corrected chi connectivity index (χ3v) is 3.12. The van der Waals surface area contributed by atoms with Crippen LogP contribution in [0.4, 0.5) is 4.39 Å². The second-order valence-corrected chi connectivity index (χ2v) is 5.28. The SMILES string of the molecule is Cc1cc(Oc2cnn(C(C)C)c2)c([C@H](C)N)cc1F. The summed E-state index contributed by atoms with van der Waals surface area (Å²) in [5, 5.41) is 4.21. The summed E-state index contributed by atoms with van der Waals surface area (Å²) in [6.07, 6.45) is 3.46. The smallest absolute Gasteiger partial charge is 0.165 e.